The van der Waals surface area contributed by atoms with Gasteiger partial charge in [0, 0.05) is 17.4 Å². The van der Waals surface area contributed by atoms with Gasteiger partial charge in [0.15, 0.2) is 0 Å². The van der Waals surface area contributed by atoms with Crippen LogP contribution in [0.4, 0.5) is 5.82 Å². The summed E-state index contributed by atoms with van der Waals surface area (Å²) in [5.74, 6) is 2.48. The average Bonchev–Trinajstić information content (AvgIpc) is 2.50. The number of nitrogens with zero attached hydrogens (tertiary/aromatic N) is 2. The van der Waals surface area contributed by atoms with Gasteiger partial charge in [-0.25, -0.2) is 0 Å². The second-order valence-electron chi connectivity index (χ2n) is 8.13. The van der Waals surface area contributed by atoms with Crippen LogP contribution in [0.5, 0.6) is 0 Å². The van der Waals surface area contributed by atoms with E-state index in [1.165, 1.54) is 19.3 Å². The van der Waals surface area contributed by atoms with Crippen LogP contribution in [0.15, 0.2) is 12.1 Å². The molecule has 4 fully saturated rings. The molecule has 1 heterocycles. The van der Waals surface area contributed by atoms with Crippen LogP contribution in [-0.4, -0.2) is 33.5 Å². The Bertz CT molecular complexity index is 618. The minimum absolute atomic E-state index is 0.128. The van der Waals surface area contributed by atoms with Gasteiger partial charge in [-0.15, -0.1) is 5.10 Å². The summed E-state index contributed by atoms with van der Waals surface area (Å²) < 4.78 is 0.226. The standard InChI is InChI=1S/C18H25BrN4O/c1-12-2-3-15(23-22-12)20-4-5-21-16(24)17-7-13-6-14(8-17)10-18(19,9-13)11-17/h2-3,13-14H,4-11H2,1H3,(H,20,23)(H,21,24)/t13-,14-,17?,18?/m1/s1. The molecule has 0 saturated heterocycles. The molecule has 5 nitrogen and oxygen atoms in total. The molecule has 4 aliphatic rings. The fourth-order valence-corrected chi connectivity index (χ4v) is 6.92. The topological polar surface area (TPSA) is 66.9 Å². The lowest BCUT2D eigenvalue weighted by Crippen LogP contribution is -2.58. The number of carbonyl (C=O) groups excluding carboxylic acids is 1. The molecule has 4 saturated carbocycles. The van der Waals surface area contributed by atoms with E-state index in [0.29, 0.717) is 13.1 Å². The van der Waals surface area contributed by atoms with Crippen LogP contribution in [0.3, 0.4) is 0 Å². The first kappa shape index (κ1) is 16.3. The van der Waals surface area contributed by atoms with E-state index in [1.807, 2.05) is 19.1 Å². The highest BCUT2D eigenvalue weighted by atomic mass is 79.9. The van der Waals surface area contributed by atoms with E-state index in [9.17, 15) is 4.79 Å². The quantitative estimate of drug-likeness (QED) is 0.596. The highest BCUT2D eigenvalue weighted by Gasteiger charge is 2.59. The van der Waals surface area contributed by atoms with E-state index < -0.39 is 0 Å². The molecule has 0 aliphatic heterocycles. The Labute approximate surface area is 151 Å². The van der Waals surface area contributed by atoms with Gasteiger partial charge in [-0.3, -0.25) is 4.79 Å². The summed E-state index contributed by atoms with van der Waals surface area (Å²) in [4.78, 5) is 12.9. The molecule has 4 aliphatic carbocycles. The first-order valence-electron chi connectivity index (χ1n) is 8.98. The summed E-state index contributed by atoms with van der Waals surface area (Å²) in [5.41, 5.74) is 0.774. The van der Waals surface area contributed by atoms with Crippen LogP contribution in [-0.2, 0) is 4.79 Å². The fourth-order valence-electron chi connectivity index (χ4n) is 5.46. The monoisotopic (exact) mass is 392 g/mol. The molecule has 2 atom stereocenters. The molecule has 0 unspecified atom stereocenters. The molecular weight excluding hydrogens is 368 g/mol. The van der Waals surface area contributed by atoms with Crippen molar-refractivity contribution in [1.29, 1.82) is 0 Å². The van der Waals surface area contributed by atoms with E-state index in [0.717, 1.165) is 42.6 Å². The predicted molar refractivity (Wildman–Crippen MR) is 97.0 cm³/mol. The molecule has 4 bridgehead atoms. The number of nitrogens with one attached hydrogen (secondary N) is 2. The number of alkyl halides is 1. The minimum atomic E-state index is -0.128. The summed E-state index contributed by atoms with van der Waals surface area (Å²) in [6.07, 6.45) is 7.02. The zero-order valence-electron chi connectivity index (χ0n) is 14.1. The van der Waals surface area contributed by atoms with E-state index in [-0.39, 0.29) is 15.6 Å². The van der Waals surface area contributed by atoms with Gasteiger partial charge in [0.2, 0.25) is 5.91 Å². The van der Waals surface area contributed by atoms with E-state index in [1.54, 1.807) is 0 Å². The number of amides is 1. The lowest BCUT2D eigenvalue weighted by atomic mass is 9.49. The van der Waals surface area contributed by atoms with Gasteiger partial charge in [0.25, 0.3) is 0 Å². The molecular formula is C18H25BrN4O. The number of halogens is 1. The van der Waals surface area contributed by atoms with Crippen molar-refractivity contribution in [2.24, 2.45) is 17.3 Å². The first-order chi connectivity index (χ1) is 11.5. The lowest BCUT2D eigenvalue weighted by molar-refractivity contribution is -0.143. The van der Waals surface area contributed by atoms with Crippen molar-refractivity contribution in [2.45, 2.75) is 49.8 Å². The molecule has 1 aromatic rings. The Morgan fingerprint density at radius 3 is 2.58 bits per heavy atom. The number of aryl methyl sites for hydroxylation is 1. The highest BCUT2D eigenvalue weighted by molar-refractivity contribution is 9.10. The van der Waals surface area contributed by atoms with Crippen molar-refractivity contribution in [3.63, 3.8) is 0 Å². The van der Waals surface area contributed by atoms with Crippen LogP contribution < -0.4 is 10.6 Å². The molecule has 6 heteroatoms. The molecule has 5 rings (SSSR count). The third kappa shape index (κ3) is 3.05. The average molecular weight is 393 g/mol. The van der Waals surface area contributed by atoms with Crippen molar-refractivity contribution in [1.82, 2.24) is 15.5 Å². The Balaban J connectivity index is 1.31. The van der Waals surface area contributed by atoms with Gasteiger partial charge in [-0.1, -0.05) is 15.9 Å². The van der Waals surface area contributed by atoms with Gasteiger partial charge >= 0.3 is 0 Å². The molecule has 1 amide bonds. The fraction of sp³-hybridized carbons (Fsp3) is 0.722. The van der Waals surface area contributed by atoms with Crippen molar-refractivity contribution in [3.05, 3.63) is 17.8 Å². The van der Waals surface area contributed by atoms with Crippen LogP contribution >= 0.6 is 15.9 Å². The van der Waals surface area contributed by atoms with Crippen molar-refractivity contribution in [2.75, 3.05) is 18.4 Å². The van der Waals surface area contributed by atoms with Crippen LogP contribution in [0, 0.1) is 24.2 Å². The largest absolute Gasteiger partial charge is 0.367 e. The second-order valence-corrected chi connectivity index (χ2v) is 9.82. The number of hydrogen-bond donors (Lipinski definition) is 2. The Kier molecular flexibility index (Phi) is 4.06. The molecule has 24 heavy (non-hydrogen) atoms. The van der Waals surface area contributed by atoms with Crippen molar-refractivity contribution < 1.29 is 4.79 Å². The molecule has 0 radical (unpaired) electrons. The smallest absolute Gasteiger partial charge is 0.226 e. The van der Waals surface area contributed by atoms with Crippen LogP contribution in [0.2, 0.25) is 0 Å². The van der Waals surface area contributed by atoms with Gasteiger partial charge in [0.1, 0.15) is 5.82 Å². The number of hydrogen-bond acceptors (Lipinski definition) is 4. The maximum atomic E-state index is 12.9. The van der Waals surface area contributed by atoms with E-state index in [4.69, 9.17) is 0 Å². The zero-order valence-corrected chi connectivity index (χ0v) is 15.7. The summed E-state index contributed by atoms with van der Waals surface area (Å²) in [6, 6.07) is 3.84. The van der Waals surface area contributed by atoms with Crippen molar-refractivity contribution >= 4 is 27.7 Å². The maximum absolute atomic E-state index is 12.9. The molecule has 2 N–H and O–H groups in total. The van der Waals surface area contributed by atoms with E-state index in [2.05, 4.69) is 36.8 Å². The first-order valence-corrected chi connectivity index (χ1v) is 9.77. The Morgan fingerprint density at radius 1 is 1.21 bits per heavy atom. The SMILES string of the molecule is Cc1ccc(NCCNC(=O)C23C[C@H]4C[C@@H](CC(Br)(C4)C2)C3)nn1. The number of rotatable bonds is 5. The molecule has 130 valence electrons. The Hall–Kier alpha value is -1.17. The van der Waals surface area contributed by atoms with Crippen LogP contribution in [0.25, 0.3) is 0 Å². The summed E-state index contributed by atoms with van der Waals surface area (Å²) >= 11 is 3.97. The van der Waals surface area contributed by atoms with Gasteiger partial charge < -0.3 is 10.6 Å². The lowest BCUT2D eigenvalue weighted by Gasteiger charge is -2.59. The minimum Gasteiger partial charge on any atom is -0.367 e. The Morgan fingerprint density at radius 2 is 1.96 bits per heavy atom. The predicted octanol–water partition coefficient (Wildman–Crippen LogP) is 3.05. The van der Waals surface area contributed by atoms with Crippen LogP contribution in [0.1, 0.15) is 44.2 Å². The second kappa shape index (κ2) is 5.97. The summed E-state index contributed by atoms with van der Waals surface area (Å²) in [6.45, 7) is 3.21. The zero-order chi connectivity index (χ0) is 16.8. The third-order valence-electron chi connectivity index (χ3n) is 5.99. The van der Waals surface area contributed by atoms with Gasteiger partial charge in [-0.2, -0.15) is 5.10 Å². The number of aromatic nitrogens is 2. The molecule has 1 aromatic heterocycles. The van der Waals surface area contributed by atoms with E-state index >= 15 is 0 Å². The molecule has 0 aromatic carbocycles. The summed E-state index contributed by atoms with van der Waals surface area (Å²) in [7, 11) is 0. The maximum Gasteiger partial charge on any atom is 0.226 e. The third-order valence-corrected chi connectivity index (χ3v) is 6.91. The van der Waals surface area contributed by atoms with Gasteiger partial charge in [0.05, 0.1) is 11.1 Å². The highest BCUT2D eigenvalue weighted by Crippen LogP contribution is 2.64. The molecule has 0 spiro atoms. The number of carbonyl (C=O) groups is 1. The van der Waals surface area contributed by atoms with Gasteiger partial charge in [-0.05, 0) is 69.4 Å². The van der Waals surface area contributed by atoms with Crippen molar-refractivity contribution in [3.8, 4) is 0 Å². The normalized spacial score (nSPS) is 36.6. The number of anilines is 1. The summed E-state index contributed by atoms with van der Waals surface area (Å²) in [5, 5.41) is 14.5.